The van der Waals surface area contributed by atoms with Gasteiger partial charge in [-0.3, -0.25) is 9.89 Å². The number of carbonyl (C=O) groups is 1. The lowest BCUT2D eigenvalue weighted by Gasteiger charge is -2.09. The number of amides is 1. The largest absolute Gasteiger partial charge is 0.277 e. The maximum absolute atomic E-state index is 10.4. The molecule has 2 aromatic rings. The van der Waals surface area contributed by atoms with Crippen molar-refractivity contribution in [1.82, 2.24) is 10.2 Å². The summed E-state index contributed by atoms with van der Waals surface area (Å²) in [5, 5.41) is 8.57. The van der Waals surface area contributed by atoms with Crippen LogP contribution in [-0.4, -0.2) is 16.6 Å². The van der Waals surface area contributed by atoms with Gasteiger partial charge in [-0.1, -0.05) is 12.1 Å². The summed E-state index contributed by atoms with van der Waals surface area (Å²) in [7, 11) is 0. The van der Waals surface area contributed by atoms with Crippen molar-refractivity contribution in [3.63, 3.8) is 0 Å². The Morgan fingerprint density at radius 2 is 2.38 bits per heavy atom. The van der Waals surface area contributed by atoms with Gasteiger partial charge in [0, 0.05) is 5.39 Å². The van der Waals surface area contributed by atoms with Gasteiger partial charge in [0.2, 0.25) is 6.41 Å². The molecule has 5 heteroatoms. The molecule has 0 fully saturated rings. The summed E-state index contributed by atoms with van der Waals surface area (Å²) in [4.78, 5) is 10.4. The Kier molecular flexibility index (Phi) is 1.71. The molecule has 1 aromatic heterocycles. The quantitative estimate of drug-likeness (QED) is 0.301. The predicted octanol–water partition coefficient (Wildman–Crippen LogP) is 0.399. The van der Waals surface area contributed by atoms with Gasteiger partial charge in [0.15, 0.2) is 0 Å². The van der Waals surface area contributed by atoms with E-state index in [1.54, 1.807) is 12.3 Å². The fraction of sp³-hybridized carbons (Fsp3) is 0. The van der Waals surface area contributed by atoms with Gasteiger partial charge in [-0.2, -0.15) is 5.10 Å². The van der Waals surface area contributed by atoms with E-state index in [1.807, 2.05) is 12.1 Å². The number of fused-ring (bicyclic) bond motifs is 1. The zero-order valence-corrected chi connectivity index (χ0v) is 6.77. The molecule has 0 saturated heterocycles. The van der Waals surface area contributed by atoms with Crippen molar-refractivity contribution in [2.45, 2.75) is 0 Å². The number of para-hydroxylation sites is 1. The highest BCUT2D eigenvalue weighted by atomic mass is 16.1. The first kappa shape index (κ1) is 7.75. The third-order valence-corrected chi connectivity index (χ3v) is 1.85. The van der Waals surface area contributed by atoms with E-state index in [0.29, 0.717) is 12.1 Å². The van der Waals surface area contributed by atoms with E-state index < -0.39 is 0 Å². The topological polar surface area (TPSA) is 75.0 Å². The Hall–Kier alpha value is -1.88. The second kappa shape index (κ2) is 2.87. The number of aromatic nitrogens is 2. The number of H-pyrrole nitrogens is 1. The molecule has 0 saturated carbocycles. The van der Waals surface area contributed by atoms with Gasteiger partial charge in [0.25, 0.3) is 0 Å². The van der Waals surface area contributed by atoms with Crippen LogP contribution < -0.4 is 10.9 Å². The average molecular weight is 176 g/mol. The van der Waals surface area contributed by atoms with Crippen LogP contribution in [0.3, 0.4) is 0 Å². The number of nitrogens with two attached hydrogens (primary N) is 1. The van der Waals surface area contributed by atoms with Crippen LogP contribution in [0.1, 0.15) is 0 Å². The number of benzene rings is 1. The van der Waals surface area contributed by atoms with Crippen LogP contribution in [0.15, 0.2) is 24.4 Å². The third kappa shape index (κ3) is 1.15. The van der Waals surface area contributed by atoms with Gasteiger partial charge < -0.3 is 0 Å². The van der Waals surface area contributed by atoms with E-state index in [9.17, 15) is 4.79 Å². The summed E-state index contributed by atoms with van der Waals surface area (Å²) in [5.74, 6) is 5.44. The van der Waals surface area contributed by atoms with Crippen molar-refractivity contribution in [2.24, 2.45) is 5.84 Å². The first-order valence-electron chi connectivity index (χ1n) is 3.74. The number of anilines is 1. The molecule has 0 radical (unpaired) electrons. The minimum absolute atomic E-state index is 0.551. The van der Waals surface area contributed by atoms with Crippen molar-refractivity contribution in [1.29, 1.82) is 0 Å². The summed E-state index contributed by atoms with van der Waals surface area (Å²) in [6.45, 7) is 0. The van der Waals surface area contributed by atoms with Crippen molar-refractivity contribution in [3.05, 3.63) is 24.4 Å². The third-order valence-electron chi connectivity index (χ3n) is 1.85. The van der Waals surface area contributed by atoms with Crippen molar-refractivity contribution in [3.8, 4) is 0 Å². The second-order valence-corrected chi connectivity index (χ2v) is 2.62. The van der Waals surface area contributed by atoms with Crippen molar-refractivity contribution >= 4 is 23.0 Å². The molecule has 3 N–H and O–H groups in total. The standard InChI is InChI=1S/C8H8N4O/c9-12(5-13)7-3-1-2-6-4-10-11-8(6)7/h1-5H,9H2,(H,10,11). The summed E-state index contributed by atoms with van der Waals surface area (Å²) in [5.41, 5.74) is 1.38. The molecule has 1 aromatic carbocycles. The average Bonchev–Trinajstić information content (AvgIpc) is 2.63. The molecular formula is C8H8N4O. The zero-order chi connectivity index (χ0) is 9.26. The van der Waals surface area contributed by atoms with E-state index >= 15 is 0 Å². The number of hydrogen-bond acceptors (Lipinski definition) is 3. The minimum Gasteiger partial charge on any atom is -0.277 e. The van der Waals surface area contributed by atoms with Crippen LogP contribution in [0, 0.1) is 0 Å². The molecule has 0 aliphatic rings. The van der Waals surface area contributed by atoms with Gasteiger partial charge in [-0.25, -0.2) is 10.9 Å². The maximum Gasteiger partial charge on any atom is 0.228 e. The highest BCUT2D eigenvalue weighted by Gasteiger charge is 2.05. The van der Waals surface area contributed by atoms with Crippen LogP contribution in [0.25, 0.3) is 10.9 Å². The molecular weight excluding hydrogens is 168 g/mol. The molecule has 0 atom stereocenters. The molecule has 0 spiro atoms. The second-order valence-electron chi connectivity index (χ2n) is 2.62. The monoisotopic (exact) mass is 176 g/mol. The SMILES string of the molecule is NN(C=O)c1cccc2cn[nH]c12. The Bertz CT molecular complexity index is 436. The van der Waals surface area contributed by atoms with Crippen LogP contribution in [-0.2, 0) is 4.79 Å². The van der Waals surface area contributed by atoms with E-state index in [1.165, 1.54) is 0 Å². The zero-order valence-electron chi connectivity index (χ0n) is 6.77. The maximum atomic E-state index is 10.4. The predicted molar refractivity (Wildman–Crippen MR) is 48.8 cm³/mol. The number of nitrogens with zero attached hydrogens (tertiary/aromatic N) is 2. The van der Waals surface area contributed by atoms with Crippen LogP contribution in [0.5, 0.6) is 0 Å². The Morgan fingerprint density at radius 3 is 3.15 bits per heavy atom. The smallest absolute Gasteiger partial charge is 0.228 e. The number of aromatic amines is 1. The number of hydrazine groups is 1. The molecule has 2 rings (SSSR count). The molecule has 0 aliphatic heterocycles. The summed E-state index contributed by atoms with van der Waals surface area (Å²) >= 11 is 0. The van der Waals surface area contributed by atoms with Gasteiger partial charge in [0.1, 0.15) is 0 Å². The lowest BCUT2D eigenvalue weighted by molar-refractivity contribution is -0.107. The van der Waals surface area contributed by atoms with Gasteiger partial charge in [0.05, 0.1) is 17.4 Å². The molecule has 66 valence electrons. The highest BCUT2D eigenvalue weighted by Crippen LogP contribution is 2.21. The van der Waals surface area contributed by atoms with Gasteiger partial charge >= 0.3 is 0 Å². The van der Waals surface area contributed by atoms with Crippen LogP contribution in [0.2, 0.25) is 0 Å². The molecule has 0 aliphatic carbocycles. The minimum atomic E-state index is 0.551. The molecule has 1 amide bonds. The number of rotatable bonds is 2. The Morgan fingerprint density at radius 1 is 1.54 bits per heavy atom. The molecule has 13 heavy (non-hydrogen) atoms. The fourth-order valence-electron chi connectivity index (χ4n) is 1.23. The van der Waals surface area contributed by atoms with Crippen LogP contribution >= 0.6 is 0 Å². The van der Waals surface area contributed by atoms with Crippen molar-refractivity contribution < 1.29 is 4.79 Å². The lowest BCUT2D eigenvalue weighted by Crippen LogP contribution is -2.28. The summed E-state index contributed by atoms with van der Waals surface area (Å²) < 4.78 is 0. The molecule has 1 heterocycles. The molecule has 0 bridgehead atoms. The van der Waals surface area contributed by atoms with Gasteiger partial charge in [-0.05, 0) is 6.07 Å². The van der Waals surface area contributed by atoms with E-state index in [0.717, 1.165) is 15.9 Å². The first-order valence-corrected chi connectivity index (χ1v) is 3.74. The highest BCUT2D eigenvalue weighted by molar-refractivity contribution is 5.94. The lowest BCUT2D eigenvalue weighted by atomic mass is 10.2. The number of nitrogens with one attached hydrogen (secondary N) is 1. The first-order chi connectivity index (χ1) is 6.33. The normalized spacial score (nSPS) is 10.2. The van der Waals surface area contributed by atoms with Crippen molar-refractivity contribution in [2.75, 3.05) is 5.01 Å². The summed E-state index contributed by atoms with van der Waals surface area (Å²) in [6.07, 6.45) is 2.23. The Labute approximate surface area is 74.1 Å². The summed E-state index contributed by atoms with van der Waals surface area (Å²) in [6, 6.07) is 5.45. The Balaban J connectivity index is 2.67. The number of carbonyl (C=O) groups excluding carboxylic acids is 1. The van der Waals surface area contributed by atoms with Gasteiger partial charge in [-0.15, -0.1) is 0 Å². The number of hydrogen-bond donors (Lipinski definition) is 2. The van der Waals surface area contributed by atoms with E-state index in [2.05, 4.69) is 10.2 Å². The van der Waals surface area contributed by atoms with E-state index in [4.69, 9.17) is 5.84 Å². The molecule has 5 nitrogen and oxygen atoms in total. The molecule has 0 unspecified atom stereocenters. The van der Waals surface area contributed by atoms with E-state index in [-0.39, 0.29) is 0 Å². The fourth-order valence-corrected chi connectivity index (χ4v) is 1.23. The van der Waals surface area contributed by atoms with Crippen LogP contribution in [0.4, 0.5) is 5.69 Å².